The van der Waals surface area contributed by atoms with Gasteiger partial charge in [-0.1, -0.05) is 42.5 Å². The monoisotopic (exact) mass is 389 g/mol. The van der Waals surface area contributed by atoms with Crippen molar-refractivity contribution in [1.29, 1.82) is 0 Å². The van der Waals surface area contributed by atoms with Gasteiger partial charge in [-0.3, -0.25) is 4.79 Å². The van der Waals surface area contributed by atoms with Crippen molar-refractivity contribution in [2.45, 2.75) is 50.7 Å². The molecule has 3 aromatic rings. The molecule has 0 aliphatic heterocycles. The molecule has 1 fully saturated rings. The van der Waals surface area contributed by atoms with Crippen LogP contribution in [0.3, 0.4) is 0 Å². The van der Waals surface area contributed by atoms with Gasteiger partial charge in [0.15, 0.2) is 0 Å². The maximum absolute atomic E-state index is 12.7. The van der Waals surface area contributed by atoms with Crippen LogP contribution in [0, 0.1) is 0 Å². The number of nitrogens with one attached hydrogen (secondary N) is 1. The Hall–Kier alpha value is -3.01. The molecule has 4 rings (SSSR count). The van der Waals surface area contributed by atoms with E-state index in [0.717, 1.165) is 35.5 Å². The minimum atomic E-state index is -0.282. The lowest BCUT2D eigenvalue weighted by Crippen LogP contribution is -2.29. The fourth-order valence-electron chi connectivity index (χ4n) is 3.88. The Morgan fingerprint density at radius 3 is 2.62 bits per heavy atom. The topological polar surface area (TPSA) is 51.5 Å². The van der Waals surface area contributed by atoms with Crippen LogP contribution >= 0.6 is 0 Å². The van der Waals surface area contributed by atoms with Gasteiger partial charge in [0.1, 0.15) is 17.6 Å². The Bertz CT molecular complexity index is 899. The van der Waals surface area contributed by atoms with Crippen molar-refractivity contribution in [3.05, 3.63) is 89.9 Å². The van der Waals surface area contributed by atoms with E-state index in [-0.39, 0.29) is 11.9 Å². The number of benzene rings is 2. The summed E-state index contributed by atoms with van der Waals surface area (Å²) in [4.78, 5) is 12.7. The Morgan fingerprint density at radius 1 is 1.03 bits per heavy atom. The lowest BCUT2D eigenvalue weighted by Gasteiger charge is -2.17. The van der Waals surface area contributed by atoms with E-state index in [1.807, 2.05) is 54.6 Å². The van der Waals surface area contributed by atoms with Crippen molar-refractivity contribution in [2.24, 2.45) is 0 Å². The SMILES string of the molecule is O=C(CCc1cccc(OC2CCCC2)c1)NC(c1ccccc1)c1ccco1. The summed E-state index contributed by atoms with van der Waals surface area (Å²) >= 11 is 0. The van der Waals surface area contributed by atoms with Crippen molar-refractivity contribution < 1.29 is 13.9 Å². The Balaban J connectivity index is 1.36. The third-order valence-corrected chi connectivity index (χ3v) is 5.41. The van der Waals surface area contributed by atoms with Crippen LogP contribution in [0.5, 0.6) is 5.75 Å². The van der Waals surface area contributed by atoms with Crippen molar-refractivity contribution in [3.63, 3.8) is 0 Å². The molecule has 1 amide bonds. The lowest BCUT2D eigenvalue weighted by molar-refractivity contribution is -0.121. The van der Waals surface area contributed by atoms with Gasteiger partial charge >= 0.3 is 0 Å². The highest BCUT2D eigenvalue weighted by Gasteiger charge is 2.19. The van der Waals surface area contributed by atoms with Crippen molar-refractivity contribution in [2.75, 3.05) is 0 Å². The van der Waals surface area contributed by atoms with Crippen LogP contribution in [0.2, 0.25) is 0 Å². The van der Waals surface area contributed by atoms with Crippen LogP contribution in [0.15, 0.2) is 77.4 Å². The highest BCUT2D eigenvalue weighted by molar-refractivity contribution is 5.77. The van der Waals surface area contributed by atoms with E-state index in [1.165, 1.54) is 12.8 Å². The van der Waals surface area contributed by atoms with Crippen LogP contribution in [0.25, 0.3) is 0 Å². The molecule has 1 aromatic heterocycles. The van der Waals surface area contributed by atoms with Crippen LogP contribution < -0.4 is 10.1 Å². The van der Waals surface area contributed by atoms with Crippen LogP contribution in [-0.2, 0) is 11.2 Å². The molecule has 1 saturated carbocycles. The average molecular weight is 389 g/mol. The molecule has 4 nitrogen and oxygen atoms in total. The summed E-state index contributed by atoms with van der Waals surface area (Å²) in [7, 11) is 0. The molecule has 1 N–H and O–H groups in total. The third-order valence-electron chi connectivity index (χ3n) is 5.41. The fraction of sp³-hybridized carbons (Fsp3) is 0.320. The first kappa shape index (κ1) is 19.3. The molecule has 2 aromatic carbocycles. The van der Waals surface area contributed by atoms with E-state index in [1.54, 1.807) is 6.26 Å². The zero-order valence-corrected chi connectivity index (χ0v) is 16.6. The van der Waals surface area contributed by atoms with E-state index in [2.05, 4.69) is 17.4 Å². The Morgan fingerprint density at radius 2 is 1.86 bits per heavy atom. The second-order valence-corrected chi connectivity index (χ2v) is 7.60. The van der Waals surface area contributed by atoms with E-state index >= 15 is 0 Å². The summed E-state index contributed by atoms with van der Waals surface area (Å²) in [6.07, 6.45) is 7.84. The maximum atomic E-state index is 12.7. The first-order valence-electron chi connectivity index (χ1n) is 10.4. The molecule has 150 valence electrons. The van der Waals surface area contributed by atoms with Gasteiger partial charge in [0.25, 0.3) is 0 Å². The second kappa shape index (κ2) is 9.46. The first-order valence-corrected chi connectivity index (χ1v) is 10.4. The highest BCUT2D eigenvalue weighted by atomic mass is 16.5. The molecule has 0 radical (unpaired) electrons. The largest absolute Gasteiger partial charge is 0.490 e. The molecule has 0 spiro atoms. The van der Waals surface area contributed by atoms with Crippen LogP contribution in [0.4, 0.5) is 0 Å². The summed E-state index contributed by atoms with van der Waals surface area (Å²) in [6, 6.07) is 21.5. The predicted molar refractivity (Wildman–Crippen MR) is 113 cm³/mol. The minimum Gasteiger partial charge on any atom is -0.490 e. The number of carbonyl (C=O) groups excluding carboxylic acids is 1. The summed E-state index contributed by atoms with van der Waals surface area (Å²) in [5.41, 5.74) is 2.12. The number of aryl methyl sites for hydroxylation is 1. The number of carbonyl (C=O) groups is 1. The summed E-state index contributed by atoms with van der Waals surface area (Å²) in [5.74, 6) is 1.64. The van der Waals surface area contributed by atoms with E-state index in [9.17, 15) is 4.79 Å². The predicted octanol–water partition coefficient (Wildman–Crippen LogP) is 5.44. The third kappa shape index (κ3) is 5.29. The quantitative estimate of drug-likeness (QED) is 0.558. The van der Waals surface area contributed by atoms with Crippen LogP contribution in [0.1, 0.15) is 55.0 Å². The molecule has 0 saturated heterocycles. The van der Waals surface area contributed by atoms with Gasteiger partial charge < -0.3 is 14.5 Å². The standard InChI is InChI=1S/C25H27NO3/c27-24(26-25(23-14-7-17-28-23)20-9-2-1-3-10-20)16-15-19-8-6-13-22(18-19)29-21-11-4-5-12-21/h1-3,6-10,13-14,17-18,21,25H,4-5,11-12,15-16H2,(H,26,27). The van der Waals surface area contributed by atoms with E-state index < -0.39 is 0 Å². The van der Waals surface area contributed by atoms with Crippen molar-refractivity contribution in [3.8, 4) is 5.75 Å². The van der Waals surface area contributed by atoms with Gasteiger partial charge in [-0.15, -0.1) is 0 Å². The Kier molecular flexibility index (Phi) is 6.30. The van der Waals surface area contributed by atoms with E-state index in [0.29, 0.717) is 18.9 Å². The molecular weight excluding hydrogens is 362 g/mol. The normalized spacial score (nSPS) is 15.2. The van der Waals surface area contributed by atoms with Gasteiger partial charge in [-0.05, 0) is 67.5 Å². The molecule has 0 bridgehead atoms. The minimum absolute atomic E-state index is 0.00244. The van der Waals surface area contributed by atoms with Gasteiger partial charge in [0.2, 0.25) is 5.91 Å². The van der Waals surface area contributed by atoms with E-state index in [4.69, 9.17) is 9.15 Å². The van der Waals surface area contributed by atoms with Gasteiger partial charge in [0, 0.05) is 6.42 Å². The molecule has 4 heteroatoms. The van der Waals surface area contributed by atoms with Crippen molar-refractivity contribution in [1.82, 2.24) is 5.32 Å². The number of hydrogen-bond donors (Lipinski definition) is 1. The van der Waals surface area contributed by atoms with Crippen LogP contribution in [-0.4, -0.2) is 12.0 Å². The van der Waals surface area contributed by atoms with Gasteiger partial charge in [0.05, 0.1) is 12.4 Å². The average Bonchev–Trinajstić information content (AvgIpc) is 3.46. The fourth-order valence-corrected chi connectivity index (χ4v) is 3.88. The first-order chi connectivity index (χ1) is 14.3. The lowest BCUT2D eigenvalue weighted by atomic mass is 10.0. The molecule has 1 heterocycles. The second-order valence-electron chi connectivity index (χ2n) is 7.60. The smallest absolute Gasteiger partial charge is 0.221 e. The number of hydrogen-bond acceptors (Lipinski definition) is 3. The molecule has 29 heavy (non-hydrogen) atoms. The maximum Gasteiger partial charge on any atom is 0.221 e. The molecule has 1 unspecified atom stereocenters. The number of ether oxygens (including phenoxy) is 1. The Labute approximate surface area is 171 Å². The van der Waals surface area contributed by atoms with Crippen molar-refractivity contribution >= 4 is 5.91 Å². The molecular formula is C25H27NO3. The number of rotatable bonds is 8. The van der Waals surface area contributed by atoms with Gasteiger partial charge in [-0.2, -0.15) is 0 Å². The molecule has 1 aliphatic carbocycles. The molecule has 1 atom stereocenters. The zero-order valence-electron chi connectivity index (χ0n) is 16.6. The highest BCUT2D eigenvalue weighted by Crippen LogP contribution is 2.25. The summed E-state index contributed by atoms with van der Waals surface area (Å²) in [6.45, 7) is 0. The summed E-state index contributed by atoms with van der Waals surface area (Å²) < 4.78 is 11.6. The molecule has 1 aliphatic rings. The zero-order chi connectivity index (χ0) is 19.9. The summed E-state index contributed by atoms with van der Waals surface area (Å²) in [5, 5.41) is 3.12. The number of furan rings is 1. The van der Waals surface area contributed by atoms with Gasteiger partial charge in [-0.25, -0.2) is 0 Å². The number of amides is 1.